The van der Waals surface area contributed by atoms with Gasteiger partial charge in [-0.3, -0.25) is 14.9 Å². The molecule has 0 amide bonds. The molecule has 2 aromatic carbocycles. The molecule has 0 atom stereocenters. The van der Waals surface area contributed by atoms with Crippen LogP contribution in [-0.4, -0.2) is 11.2 Å². The van der Waals surface area contributed by atoms with Crippen molar-refractivity contribution in [3.63, 3.8) is 0 Å². The Hall–Kier alpha value is -2.11. The Balaban J connectivity index is 2.40. The molecule has 7 heteroatoms. The van der Waals surface area contributed by atoms with E-state index in [0.29, 0.717) is 6.29 Å². The van der Waals surface area contributed by atoms with Crippen molar-refractivity contribution in [2.45, 2.75) is 0 Å². The highest BCUT2D eigenvalue weighted by molar-refractivity contribution is 6.33. The number of halogens is 2. The van der Waals surface area contributed by atoms with Crippen LogP contribution in [0.1, 0.15) is 10.4 Å². The number of aldehydes is 1. The van der Waals surface area contributed by atoms with Crippen LogP contribution in [0.4, 0.5) is 5.69 Å². The largest absolute Gasteiger partial charge is 0.453 e. The lowest BCUT2D eigenvalue weighted by Crippen LogP contribution is -1.93. The summed E-state index contributed by atoms with van der Waals surface area (Å²) < 4.78 is 5.48. The van der Waals surface area contributed by atoms with Crippen LogP contribution < -0.4 is 4.74 Å². The standard InChI is InChI=1S/C13H7Cl2NO4/c14-10-3-1-2-8(7-17)13(10)20-12-5-4-9(16(18)19)6-11(12)15/h1-7H. The van der Waals surface area contributed by atoms with E-state index in [0.717, 1.165) is 6.07 Å². The smallest absolute Gasteiger partial charge is 0.271 e. The van der Waals surface area contributed by atoms with Crippen LogP contribution in [0.2, 0.25) is 10.0 Å². The Labute approximate surface area is 123 Å². The minimum absolute atomic E-state index is 0.0518. The number of carbonyl (C=O) groups excluding carboxylic acids is 1. The highest BCUT2D eigenvalue weighted by Gasteiger charge is 2.14. The van der Waals surface area contributed by atoms with E-state index in [4.69, 9.17) is 27.9 Å². The summed E-state index contributed by atoms with van der Waals surface area (Å²) in [5.41, 5.74) is 0.101. The van der Waals surface area contributed by atoms with Crippen LogP contribution in [0, 0.1) is 10.1 Å². The predicted molar refractivity (Wildman–Crippen MR) is 75.0 cm³/mol. The Kier molecular flexibility index (Phi) is 4.22. The number of non-ortho nitro benzene ring substituents is 1. The van der Waals surface area contributed by atoms with Crippen molar-refractivity contribution in [3.8, 4) is 11.5 Å². The van der Waals surface area contributed by atoms with Crippen molar-refractivity contribution in [1.29, 1.82) is 0 Å². The Morgan fingerprint density at radius 2 is 1.90 bits per heavy atom. The molecule has 0 spiro atoms. The number of para-hydroxylation sites is 1. The van der Waals surface area contributed by atoms with E-state index < -0.39 is 4.92 Å². The molecule has 0 fully saturated rings. The van der Waals surface area contributed by atoms with E-state index in [1.54, 1.807) is 12.1 Å². The van der Waals surface area contributed by atoms with Gasteiger partial charge in [0.1, 0.15) is 5.75 Å². The molecule has 0 saturated carbocycles. The number of hydrogen-bond donors (Lipinski definition) is 0. The number of nitro benzene ring substituents is 1. The van der Waals surface area contributed by atoms with Gasteiger partial charge in [-0.1, -0.05) is 29.3 Å². The summed E-state index contributed by atoms with van der Waals surface area (Å²) in [7, 11) is 0. The van der Waals surface area contributed by atoms with Crippen LogP contribution in [0.3, 0.4) is 0 Å². The molecule has 0 saturated heterocycles. The number of rotatable bonds is 4. The number of carbonyl (C=O) groups is 1. The number of ether oxygens (including phenoxy) is 1. The van der Waals surface area contributed by atoms with Crippen molar-refractivity contribution in [3.05, 3.63) is 62.1 Å². The lowest BCUT2D eigenvalue weighted by atomic mass is 10.2. The van der Waals surface area contributed by atoms with Gasteiger partial charge in [-0.15, -0.1) is 0 Å². The van der Waals surface area contributed by atoms with E-state index in [-0.39, 0.29) is 32.8 Å². The maximum Gasteiger partial charge on any atom is 0.271 e. The maximum absolute atomic E-state index is 10.9. The van der Waals surface area contributed by atoms with Crippen molar-refractivity contribution in [1.82, 2.24) is 0 Å². The fourth-order valence-corrected chi connectivity index (χ4v) is 1.96. The van der Waals surface area contributed by atoms with Gasteiger partial charge in [0.25, 0.3) is 5.69 Å². The molecular formula is C13H7Cl2NO4. The molecule has 0 unspecified atom stereocenters. The second-order valence-corrected chi connectivity index (χ2v) is 4.56. The van der Waals surface area contributed by atoms with Gasteiger partial charge in [0.2, 0.25) is 0 Å². The fraction of sp³-hybridized carbons (Fsp3) is 0. The zero-order valence-corrected chi connectivity index (χ0v) is 11.4. The van der Waals surface area contributed by atoms with Crippen LogP contribution >= 0.6 is 23.2 Å². The maximum atomic E-state index is 10.9. The minimum Gasteiger partial charge on any atom is -0.453 e. The van der Waals surface area contributed by atoms with Gasteiger partial charge in [-0.05, 0) is 18.2 Å². The quantitative estimate of drug-likeness (QED) is 0.473. The van der Waals surface area contributed by atoms with Crippen LogP contribution in [0.5, 0.6) is 11.5 Å². The molecule has 102 valence electrons. The van der Waals surface area contributed by atoms with E-state index in [2.05, 4.69) is 0 Å². The molecule has 5 nitrogen and oxygen atoms in total. The van der Waals surface area contributed by atoms with Crippen molar-refractivity contribution < 1.29 is 14.5 Å². The van der Waals surface area contributed by atoms with Crippen LogP contribution in [0.15, 0.2) is 36.4 Å². The second kappa shape index (κ2) is 5.90. The summed E-state index contributed by atoms with van der Waals surface area (Å²) in [6, 6.07) is 8.46. The van der Waals surface area contributed by atoms with E-state index in [1.807, 2.05) is 0 Å². The molecule has 0 heterocycles. The van der Waals surface area contributed by atoms with E-state index >= 15 is 0 Å². The minimum atomic E-state index is -0.567. The predicted octanol–water partition coefficient (Wildman–Crippen LogP) is 4.51. The van der Waals surface area contributed by atoms with Crippen molar-refractivity contribution in [2.75, 3.05) is 0 Å². The first-order valence-corrected chi connectivity index (χ1v) is 6.14. The van der Waals surface area contributed by atoms with Crippen LogP contribution in [0.25, 0.3) is 0 Å². The van der Waals surface area contributed by atoms with Crippen molar-refractivity contribution in [2.24, 2.45) is 0 Å². The molecule has 0 aliphatic rings. The van der Waals surface area contributed by atoms with E-state index in [9.17, 15) is 14.9 Å². The summed E-state index contributed by atoms with van der Waals surface area (Å²) in [4.78, 5) is 21.0. The molecule has 20 heavy (non-hydrogen) atoms. The Morgan fingerprint density at radius 1 is 1.15 bits per heavy atom. The first kappa shape index (κ1) is 14.3. The normalized spacial score (nSPS) is 10.1. The average molecular weight is 312 g/mol. The van der Waals surface area contributed by atoms with Gasteiger partial charge < -0.3 is 4.74 Å². The highest BCUT2D eigenvalue weighted by atomic mass is 35.5. The summed E-state index contributed by atoms with van der Waals surface area (Å²) in [6.07, 6.45) is 0.598. The summed E-state index contributed by atoms with van der Waals surface area (Å²) in [6.45, 7) is 0. The number of benzene rings is 2. The lowest BCUT2D eigenvalue weighted by molar-refractivity contribution is -0.384. The number of nitrogens with zero attached hydrogens (tertiary/aromatic N) is 1. The third-order valence-corrected chi connectivity index (χ3v) is 3.06. The molecule has 0 radical (unpaired) electrons. The second-order valence-electron chi connectivity index (χ2n) is 3.75. The molecule has 2 aromatic rings. The van der Waals surface area contributed by atoms with Gasteiger partial charge >= 0.3 is 0 Å². The topological polar surface area (TPSA) is 69.4 Å². The summed E-state index contributed by atoms with van der Waals surface area (Å²) in [5.74, 6) is 0.327. The zero-order chi connectivity index (χ0) is 14.7. The number of hydrogen-bond acceptors (Lipinski definition) is 4. The Bertz CT molecular complexity index is 688. The lowest BCUT2D eigenvalue weighted by Gasteiger charge is -2.10. The molecule has 0 N–H and O–H groups in total. The summed E-state index contributed by atoms with van der Waals surface area (Å²) >= 11 is 11.9. The fourth-order valence-electron chi connectivity index (χ4n) is 1.52. The molecule has 0 aromatic heterocycles. The Morgan fingerprint density at radius 3 is 2.50 bits per heavy atom. The molecule has 0 aliphatic heterocycles. The molecule has 0 aliphatic carbocycles. The van der Waals surface area contributed by atoms with Gasteiger partial charge in [0.15, 0.2) is 12.0 Å². The molecule has 2 rings (SSSR count). The highest BCUT2D eigenvalue weighted by Crippen LogP contribution is 2.36. The van der Waals surface area contributed by atoms with Gasteiger partial charge in [-0.25, -0.2) is 0 Å². The third-order valence-electron chi connectivity index (χ3n) is 2.46. The third kappa shape index (κ3) is 2.89. The first-order valence-electron chi connectivity index (χ1n) is 5.38. The summed E-state index contributed by atoms with van der Waals surface area (Å²) in [5, 5.41) is 10.9. The average Bonchev–Trinajstić information content (AvgIpc) is 2.42. The van der Waals surface area contributed by atoms with Crippen LogP contribution in [-0.2, 0) is 0 Å². The van der Waals surface area contributed by atoms with Crippen molar-refractivity contribution >= 4 is 35.2 Å². The first-order chi connectivity index (χ1) is 9.52. The zero-order valence-electron chi connectivity index (χ0n) is 9.88. The van der Waals surface area contributed by atoms with E-state index in [1.165, 1.54) is 18.2 Å². The molecule has 0 bridgehead atoms. The number of nitro groups is 1. The van der Waals surface area contributed by atoms with Gasteiger partial charge in [0, 0.05) is 12.1 Å². The van der Waals surface area contributed by atoms with Gasteiger partial charge in [-0.2, -0.15) is 0 Å². The van der Waals surface area contributed by atoms with Gasteiger partial charge in [0.05, 0.1) is 20.5 Å². The SMILES string of the molecule is O=Cc1cccc(Cl)c1Oc1ccc([N+](=O)[O-])cc1Cl. The molecular weight excluding hydrogens is 305 g/mol. The monoisotopic (exact) mass is 311 g/mol.